The average molecular weight is 716 g/mol. The number of oxime groups is 1. The molecule has 3 aliphatic rings. The molecule has 1 fully saturated rings. The molecule has 46 heavy (non-hydrogen) atoms. The predicted molar refractivity (Wildman–Crippen MR) is 162 cm³/mol. The number of fused-ring (bicyclic) bond motifs is 1. The van der Waals surface area contributed by atoms with E-state index in [0.29, 0.717) is 4.73 Å². The van der Waals surface area contributed by atoms with Crippen molar-refractivity contribution in [3.05, 3.63) is 50.5 Å². The molecule has 20 nitrogen and oxygen atoms in total. The molecule has 24 heteroatoms. The van der Waals surface area contributed by atoms with Gasteiger partial charge in [-0.1, -0.05) is 16.9 Å². The van der Waals surface area contributed by atoms with Crippen molar-refractivity contribution in [3.8, 4) is 5.75 Å². The van der Waals surface area contributed by atoms with Crippen LogP contribution in [-0.4, -0.2) is 108 Å². The van der Waals surface area contributed by atoms with E-state index in [0.717, 1.165) is 56.9 Å². The van der Waals surface area contributed by atoms with Crippen molar-refractivity contribution in [3.63, 3.8) is 0 Å². The Morgan fingerprint density at radius 2 is 2.07 bits per heavy atom. The van der Waals surface area contributed by atoms with Gasteiger partial charge in [0.15, 0.2) is 28.4 Å². The summed E-state index contributed by atoms with van der Waals surface area (Å²) in [7, 11) is -2.98. The molecule has 0 aromatic carbocycles. The van der Waals surface area contributed by atoms with E-state index in [1.165, 1.54) is 12.4 Å². The summed E-state index contributed by atoms with van der Waals surface area (Å²) >= 11 is 2.91. The first kappa shape index (κ1) is 32.6. The average Bonchev–Trinajstić information content (AvgIpc) is 3.42. The highest BCUT2D eigenvalue weighted by Gasteiger charge is 2.54. The summed E-state index contributed by atoms with van der Waals surface area (Å²) in [5.41, 5.74) is 4.21. The molecule has 3 aliphatic heterocycles. The summed E-state index contributed by atoms with van der Waals surface area (Å²) in [6.45, 7) is -0.524. The smallest absolute Gasteiger partial charge is 0.352 e. The van der Waals surface area contributed by atoms with E-state index in [9.17, 15) is 47.8 Å². The number of thiazole rings is 1. The molecule has 2 aromatic heterocycles. The number of hydrogen-bond donors (Lipinski definition) is 6. The van der Waals surface area contributed by atoms with Crippen LogP contribution in [0.1, 0.15) is 11.4 Å². The number of amidine groups is 1. The molecule has 0 saturated carbocycles. The summed E-state index contributed by atoms with van der Waals surface area (Å²) < 4.78 is 29.2. The summed E-state index contributed by atoms with van der Waals surface area (Å²) in [5.74, 6) is -3.88. The van der Waals surface area contributed by atoms with Crippen LogP contribution in [0.2, 0.25) is 0 Å². The topological polar surface area (TPSA) is 289 Å². The maximum atomic E-state index is 13.3. The number of nitrogens with two attached hydrogens (primary N) is 1. The van der Waals surface area contributed by atoms with Crippen LogP contribution in [0.3, 0.4) is 0 Å². The van der Waals surface area contributed by atoms with Gasteiger partial charge in [0, 0.05) is 30.0 Å². The Morgan fingerprint density at radius 1 is 1.33 bits per heavy atom. The monoisotopic (exact) mass is 715 g/mol. The van der Waals surface area contributed by atoms with Crippen molar-refractivity contribution >= 4 is 84.9 Å². The lowest BCUT2D eigenvalue weighted by Gasteiger charge is -2.49. The molecule has 244 valence electrons. The number of nitrogens with zero attached hydrogens (tertiary/aromatic N) is 6. The first-order chi connectivity index (χ1) is 21.7. The number of pyridine rings is 1. The van der Waals surface area contributed by atoms with Gasteiger partial charge in [-0.3, -0.25) is 24.2 Å². The number of β-lactam (4-membered cyclic amide) rings is 1. The number of nitrogen functional groups attached to an aromatic ring is 1. The van der Waals surface area contributed by atoms with Crippen LogP contribution < -0.4 is 21.2 Å². The van der Waals surface area contributed by atoms with Crippen molar-refractivity contribution in [1.29, 1.82) is 0 Å². The number of nitrogens with one attached hydrogen (secondary N) is 2. The van der Waals surface area contributed by atoms with Crippen LogP contribution in [0.4, 0.5) is 9.93 Å². The second kappa shape index (κ2) is 12.5. The summed E-state index contributed by atoms with van der Waals surface area (Å²) in [5, 5.41) is 35.9. The summed E-state index contributed by atoms with van der Waals surface area (Å²) in [6, 6.07) is -1.25. The van der Waals surface area contributed by atoms with Gasteiger partial charge in [0.25, 0.3) is 11.8 Å². The van der Waals surface area contributed by atoms with Gasteiger partial charge in [-0.05, 0) is 5.57 Å². The SMILES string of the molecule is CN1C(=O)NS(=O)(=O)N=C1SCC1=C(C(=O)O)N2C(=O)C(NC(=O)/C(=N/OCc3cc(=O)c(O)cn3O)c3csc(N)n3)C2SC1. The molecule has 7 N–H and O–H groups in total. The van der Waals surface area contributed by atoms with Gasteiger partial charge in [0.2, 0.25) is 5.43 Å². The highest BCUT2D eigenvalue weighted by Crippen LogP contribution is 2.41. The summed E-state index contributed by atoms with van der Waals surface area (Å²) in [6.07, 6.45) is 0.741. The molecule has 4 amide bonds. The van der Waals surface area contributed by atoms with E-state index in [-0.39, 0.29) is 44.5 Å². The fourth-order valence-corrected chi connectivity index (χ4v) is 8.23. The highest BCUT2D eigenvalue weighted by atomic mass is 32.2. The quantitative estimate of drug-likeness (QED) is 0.0744. The fraction of sp³-hybridized carbons (Fsp3) is 0.273. The number of carbonyl (C=O) groups excluding carboxylic acids is 3. The Balaban J connectivity index is 1.31. The zero-order chi connectivity index (χ0) is 33.5. The number of amides is 4. The van der Waals surface area contributed by atoms with E-state index < -0.39 is 68.9 Å². The number of carboxylic acids is 1. The predicted octanol–water partition coefficient (Wildman–Crippen LogP) is -1.52. The van der Waals surface area contributed by atoms with Crippen molar-refractivity contribution in [2.24, 2.45) is 9.55 Å². The van der Waals surface area contributed by atoms with E-state index in [1.807, 2.05) is 0 Å². The molecular formula is C22H21N9O11S4. The van der Waals surface area contributed by atoms with E-state index in [2.05, 4.69) is 19.9 Å². The summed E-state index contributed by atoms with van der Waals surface area (Å²) in [4.78, 5) is 73.4. The lowest BCUT2D eigenvalue weighted by Crippen LogP contribution is -2.71. The van der Waals surface area contributed by atoms with Crippen LogP contribution >= 0.6 is 34.9 Å². The van der Waals surface area contributed by atoms with Gasteiger partial charge in [-0.15, -0.1) is 27.5 Å². The maximum Gasteiger partial charge on any atom is 0.352 e. The van der Waals surface area contributed by atoms with Gasteiger partial charge < -0.3 is 31.3 Å². The van der Waals surface area contributed by atoms with Crippen LogP contribution in [0, 0.1) is 0 Å². The van der Waals surface area contributed by atoms with Crippen molar-refractivity contribution in [1.82, 2.24) is 29.6 Å². The number of hydrogen-bond acceptors (Lipinski definition) is 16. The van der Waals surface area contributed by atoms with Crippen LogP contribution in [-0.2, 0) is 36.0 Å². The fourth-order valence-electron chi connectivity index (χ4n) is 4.16. The minimum atomic E-state index is -4.26. The molecule has 0 radical (unpaired) electrons. The number of aromatic hydroxyl groups is 1. The number of carbonyl (C=O) groups is 4. The van der Waals surface area contributed by atoms with Crippen LogP contribution in [0.15, 0.2) is 43.3 Å². The van der Waals surface area contributed by atoms with Crippen LogP contribution in [0.5, 0.6) is 5.75 Å². The maximum absolute atomic E-state index is 13.3. The van der Waals surface area contributed by atoms with Gasteiger partial charge in [0.05, 0.1) is 6.20 Å². The number of urea groups is 1. The third-order valence-electron chi connectivity index (χ3n) is 6.35. The first-order valence-corrected chi connectivity index (χ1v) is 16.8. The lowest BCUT2D eigenvalue weighted by molar-refractivity contribution is -0.150. The number of rotatable bonds is 9. The zero-order valence-corrected chi connectivity index (χ0v) is 26.3. The Labute approximate surface area is 269 Å². The molecule has 0 spiro atoms. The second-order valence-electron chi connectivity index (χ2n) is 9.37. The third-order valence-corrected chi connectivity index (χ3v) is 10.4. The second-order valence-corrected chi connectivity index (χ2v) is 13.6. The lowest BCUT2D eigenvalue weighted by atomic mass is 10.0. The molecule has 2 aromatic rings. The van der Waals surface area contributed by atoms with E-state index in [1.54, 1.807) is 4.72 Å². The van der Waals surface area contributed by atoms with Crippen LogP contribution in [0.25, 0.3) is 0 Å². The van der Waals surface area contributed by atoms with Gasteiger partial charge >= 0.3 is 22.2 Å². The number of anilines is 1. The van der Waals surface area contributed by atoms with Gasteiger partial charge in [0.1, 0.15) is 28.5 Å². The largest absolute Gasteiger partial charge is 0.503 e. The minimum absolute atomic E-state index is 0.0243. The Bertz CT molecular complexity index is 1920. The molecule has 0 aliphatic carbocycles. The van der Waals surface area contributed by atoms with Gasteiger partial charge in [-0.25, -0.2) is 19.3 Å². The van der Waals surface area contributed by atoms with Crippen molar-refractivity contribution in [2.75, 3.05) is 24.3 Å². The Kier molecular flexibility index (Phi) is 8.87. The zero-order valence-electron chi connectivity index (χ0n) is 23.0. The molecule has 1 saturated heterocycles. The third kappa shape index (κ3) is 6.44. The van der Waals surface area contributed by atoms with Crippen molar-refractivity contribution < 1.29 is 47.9 Å². The number of thioether (sulfide) groups is 2. The molecule has 2 unspecified atom stereocenters. The number of aliphatic carboxylic acids is 1. The van der Waals surface area contributed by atoms with E-state index in [4.69, 9.17) is 10.6 Å². The number of aromatic nitrogens is 2. The first-order valence-electron chi connectivity index (χ1n) is 12.5. The van der Waals surface area contributed by atoms with E-state index >= 15 is 0 Å². The Hall–Kier alpha value is -4.81. The van der Waals surface area contributed by atoms with Crippen molar-refractivity contribution in [2.45, 2.75) is 18.0 Å². The Morgan fingerprint density at radius 3 is 2.74 bits per heavy atom. The molecule has 2 atom stereocenters. The normalized spacial score (nSPS) is 20.8. The molecule has 0 bridgehead atoms. The molecule has 5 heterocycles. The number of carboxylic acid groups (broad SMARTS) is 1. The minimum Gasteiger partial charge on any atom is -0.503 e. The highest BCUT2D eigenvalue weighted by molar-refractivity contribution is 8.14. The standard InChI is InChI=1S/C22H21N9O11S4/c1-29-21(38)27-46(40,41)28-22(29)45-6-8-5-43-18-14(17(35)31(18)15(8)19(36)37)25-16(34)13(10-7-44-20(23)24-10)26-42-4-9-2-11(32)12(33)3-30(9)39/h2-3,7,14,18,33,39H,4-6H2,1H3,(H2,23,24)(H,25,34)(H,27,38)(H,36,37)/b26-13+. The molecular weight excluding hydrogens is 695 g/mol. The van der Waals surface area contributed by atoms with Gasteiger partial charge in [-0.2, -0.15) is 13.1 Å². The molecule has 5 rings (SSSR count).